The van der Waals surface area contributed by atoms with E-state index in [2.05, 4.69) is 5.32 Å². The highest BCUT2D eigenvalue weighted by Crippen LogP contribution is 2.41. The second-order valence-electron chi connectivity index (χ2n) is 3.47. The third-order valence-corrected chi connectivity index (χ3v) is 2.50. The lowest BCUT2D eigenvalue weighted by Gasteiger charge is -2.43. The van der Waals surface area contributed by atoms with E-state index in [0.717, 1.165) is 11.1 Å². The van der Waals surface area contributed by atoms with E-state index in [1.165, 1.54) is 0 Å². The van der Waals surface area contributed by atoms with Crippen molar-refractivity contribution in [2.45, 2.75) is 19.1 Å². The van der Waals surface area contributed by atoms with Crippen molar-refractivity contribution >= 4 is 5.84 Å². The largest absolute Gasteiger partial charge is 0.315 e. The van der Waals surface area contributed by atoms with Gasteiger partial charge < -0.3 is 5.32 Å². The first-order valence-electron chi connectivity index (χ1n) is 4.53. The molecule has 0 radical (unpaired) electrons. The number of rotatable bonds is 0. The summed E-state index contributed by atoms with van der Waals surface area (Å²) in [7, 11) is 0. The lowest BCUT2D eigenvalue weighted by atomic mass is 10.1. The molecule has 0 aliphatic carbocycles. The Labute approximate surface area is 81.3 Å². The quantitative estimate of drug-likeness (QED) is 0.644. The molecule has 3 rings (SSSR count). The van der Waals surface area contributed by atoms with Crippen LogP contribution in [0.4, 0.5) is 0 Å². The van der Waals surface area contributed by atoms with Crippen molar-refractivity contribution in [3.8, 4) is 0 Å². The van der Waals surface area contributed by atoms with Crippen LogP contribution in [0.1, 0.15) is 18.1 Å². The summed E-state index contributed by atoms with van der Waals surface area (Å²) in [5, 5.41) is 10.6. The van der Waals surface area contributed by atoms with Crippen LogP contribution in [-0.4, -0.2) is 12.1 Å². The molecule has 1 saturated heterocycles. The topological polar surface area (TPSA) is 54.3 Å². The molecular weight excluding hydrogens is 180 g/mol. The van der Waals surface area contributed by atoms with Gasteiger partial charge in [0.1, 0.15) is 5.84 Å². The summed E-state index contributed by atoms with van der Waals surface area (Å²) in [6, 6.07) is 7.61. The van der Waals surface area contributed by atoms with Crippen molar-refractivity contribution in [3.63, 3.8) is 0 Å². The van der Waals surface area contributed by atoms with Gasteiger partial charge in [-0.15, -0.1) is 0 Å². The van der Waals surface area contributed by atoms with E-state index < -0.39 is 5.91 Å². The van der Waals surface area contributed by atoms with Crippen LogP contribution in [0.15, 0.2) is 24.3 Å². The molecule has 0 amide bonds. The van der Waals surface area contributed by atoms with Crippen molar-refractivity contribution in [1.82, 2.24) is 5.32 Å². The Morgan fingerprint density at radius 2 is 2.07 bits per heavy atom. The molecule has 0 aromatic heterocycles. The van der Waals surface area contributed by atoms with Crippen LogP contribution in [0.25, 0.3) is 0 Å². The molecular formula is C10H10N2O2. The number of nitrogens with one attached hydrogen (secondary N) is 2. The van der Waals surface area contributed by atoms with Gasteiger partial charge in [-0.05, 0) is 6.92 Å². The zero-order valence-electron chi connectivity index (χ0n) is 7.70. The van der Waals surface area contributed by atoms with E-state index in [0.29, 0.717) is 5.84 Å². The van der Waals surface area contributed by atoms with Gasteiger partial charge in [0.15, 0.2) is 6.29 Å². The molecule has 14 heavy (non-hydrogen) atoms. The van der Waals surface area contributed by atoms with Crippen molar-refractivity contribution in [2.75, 3.05) is 0 Å². The maximum atomic E-state index is 7.72. The number of fused-ring (bicyclic) bond motifs is 2. The first kappa shape index (κ1) is 7.96. The molecule has 1 fully saturated rings. The van der Waals surface area contributed by atoms with Gasteiger partial charge in [0.25, 0.3) is 5.91 Å². The lowest BCUT2D eigenvalue weighted by Crippen LogP contribution is -2.57. The molecule has 1 spiro atoms. The SMILES string of the molecule is CC1OC2(NC(=N)c3ccccc32)O1. The lowest BCUT2D eigenvalue weighted by molar-refractivity contribution is -0.461. The van der Waals surface area contributed by atoms with E-state index in [4.69, 9.17) is 14.9 Å². The Hall–Kier alpha value is -1.39. The normalized spacial score (nSPS) is 33.8. The van der Waals surface area contributed by atoms with E-state index in [1.54, 1.807) is 0 Å². The monoisotopic (exact) mass is 190 g/mol. The second kappa shape index (κ2) is 2.34. The summed E-state index contributed by atoms with van der Waals surface area (Å²) >= 11 is 0. The molecule has 2 heterocycles. The maximum Gasteiger partial charge on any atom is 0.284 e. The van der Waals surface area contributed by atoms with Gasteiger partial charge in [0.05, 0.1) is 0 Å². The number of ether oxygens (including phenoxy) is 2. The molecule has 4 heteroatoms. The van der Waals surface area contributed by atoms with Crippen LogP contribution in [0.3, 0.4) is 0 Å². The highest BCUT2D eigenvalue weighted by molar-refractivity contribution is 6.01. The summed E-state index contributed by atoms with van der Waals surface area (Å²) in [4.78, 5) is 0. The Balaban J connectivity index is 2.11. The molecule has 1 aromatic carbocycles. The van der Waals surface area contributed by atoms with Crippen molar-refractivity contribution < 1.29 is 9.47 Å². The summed E-state index contributed by atoms with van der Waals surface area (Å²) in [6.07, 6.45) is -0.207. The summed E-state index contributed by atoms with van der Waals surface area (Å²) < 4.78 is 11.0. The maximum absolute atomic E-state index is 7.72. The van der Waals surface area contributed by atoms with Gasteiger partial charge in [0, 0.05) is 11.1 Å². The standard InChI is InChI=1S/C10H10N2O2/c1-6-13-10(14-6)8-5-3-2-4-7(8)9(11)12-10/h2-6H,1H3,(H2,11,12). The van der Waals surface area contributed by atoms with Gasteiger partial charge in [0.2, 0.25) is 0 Å². The van der Waals surface area contributed by atoms with Gasteiger partial charge in [-0.25, -0.2) is 0 Å². The van der Waals surface area contributed by atoms with Crippen LogP contribution < -0.4 is 5.32 Å². The third-order valence-electron chi connectivity index (χ3n) is 2.50. The number of hydrogen-bond acceptors (Lipinski definition) is 3. The van der Waals surface area contributed by atoms with E-state index >= 15 is 0 Å². The minimum atomic E-state index is -0.882. The first-order valence-corrected chi connectivity index (χ1v) is 4.53. The Bertz CT molecular complexity index is 410. The predicted octanol–water partition coefficient (Wildman–Crippen LogP) is 1.12. The fourth-order valence-corrected chi connectivity index (χ4v) is 1.95. The average molecular weight is 190 g/mol. The number of hydrogen-bond donors (Lipinski definition) is 2. The fourth-order valence-electron chi connectivity index (χ4n) is 1.95. The molecule has 2 aliphatic heterocycles. The molecule has 72 valence electrons. The molecule has 0 saturated carbocycles. The average Bonchev–Trinajstić information content (AvgIpc) is 2.41. The first-order chi connectivity index (χ1) is 6.71. The predicted molar refractivity (Wildman–Crippen MR) is 49.7 cm³/mol. The number of amidine groups is 1. The molecule has 0 unspecified atom stereocenters. The molecule has 1 aromatic rings. The van der Waals surface area contributed by atoms with Crippen molar-refractivity contribution in [1.29, 1.82) is 5.41 Å². The minimum absolute atomic E-state index is 0.207. The van der Waals surface area contributed by atoms with Gasteiger partial charge in [-0.3, -0.25) is 14.9 Å². The molecule has 0 atom stereocenters. The van der Waals surface area contributed by atoms with E-state index in [1.807, 2.05) is 31.2 Å². The summed E-state index contributed by atoms with van der Waals surface area (Å²) in [5.41, 5.74) is 1.74. The number of benzene rings is 1. The molecule has 2 N–H and O–H groups in total. The van der Waals surface area contributed by atoms with Crippen LogP contribution in [0.5, 0.6) is 0 Å². The van der Waals surface area contributed by atoms with Gasteiger partial charge in [-0.1, -0.05) is 24.3 Å². The second-order valence-corrected chi connectivity index (χ2v) is 3.47. The highest BCUT2D eigenvalue weighted by Gasteiger charge is 2.52. The van der Waals surface area contributed by atoms with Crippen molar-refractivity contribution in [2.24, 2.45) is 0 Å². The van der Waals surface area contributed by atoms with Gasteiger partial charge in [-0.2, -0.15) is 0 Å². The zero-order chi connectivity index (χ0) is 9.76. The van der Waals surface area contributed by atoms with Crippen LogP contribution in [0.2, 0.25) is 0 Å². The Morgan fingerprint density at radius 1 is 1.36 bits per heavy atom. The van der Waals surface area contributed by atoms with E-state index in [9.17, 15) is 0 Å². The Kier molecular flexibility index (Phi) is 1.33. The smallest absolute Gasteiger partial charge is 0.284 e. The van der Waals surface area contributed by atoms with Gasteiger partial charge >= 0.3 is 0 Å². The fraction of sp³-hybridized carbons (Fsp3) is 0.300. The van der Waals surface area contributed by atoms with Crippen molar-refractivity contribution in [3.05, 3.63) is 35.4 Å². The molecule has 4 nitrogen and oxygen atoms in total. The van der Waals surface area contributed by atoms with Crippen LogP contribution in [0, 0.1) is 5.41 Å². The minimum Gasteiger partial charge on any atom is -0.315 e. The van der Waals surface area contributed by atoms with E-state index in [-0.39, 0.29) is 6.29 Å². The summed E-state index contributed by atoms with van der Waals surface area (Å²) in [5.74, 6) is -0.528. The third kappa shape index (κ3) is 0.818. The Morgan fingerprint density at radius 3 is 2.79 bits per heavy atom. The van der Waals surface area contributed by atoms with Crippen LogP contribution in [-0.2, 0) is 15.4 Å². The zero-order valence-corrected chi connectivity index (χ0v) is 7.70. The highest BCUT2D eigenvalue weighted by atomic mass is 16.9. The van der Waals surface area contributed by atoms with Crippen LogP contribution >= 0.6 is 0 Å². The summed E-state index contributed by atoms with van der Waals surface area (Å²) in [6.45, 7) is 1.83. The molecule has 2 aliphatic rings. The molecule has 0 bridgehead atoms.